The molecule has 0 amide bonds. The molecule has 1 aromatic carbocycles. The summed E-state index contributed by atoms with van der Waals surface area (Å²) in [7, 11) is -4.04. The number of carbonyl (C=O) groups is 2. The summed E-state index contributed by atoms with van der Waals surface area (Å²) in [6.45, 7) is 3.60. The monoisotopic (exact) mass is 351 g/mol. The van der Waals surface area contributed by atoms with Crippen molar-refractivity contribution in [3.05, 3.63) is 53.3 Å². The molecule has 1 aromatic heterocycles. The SMILES string of the molecule is CC(C)c1ccc(C(=O)COC(=O)c2ccc(S(N)(=O)=O)o2)cc1. The zero-order valence-corrected chi connectivity index (χ0v) is 14.0. The summed E-state index contributed by atoms with van der Waals surface area (Å²) >= 11 is 0. The van der Waals surface area contributed by atoms with E-state index in [0.717, 1.165) is 17.7 Å². The number of benzene rings is 1. The maximum atomic E-state index is 12.0. The van der Waals surface area contributed by atoms with Gasteiger partial charge in [-0.25, -0.2) is 18.4 Å². The molecule has 0 unspecified atom stereocenters. The second-order valence-electron chi connectivity index (χ2n) is 5.44. The van der Waals surface area contributed by atoms with Crippen LogP contribution in [-0.4, -0.2) is 26.8 Å². The zero-order valence-electron chi connectivity index (χ0n) is 13.2. The normalized spacial score (nSPS) is 11.5. The minimum Gasteiger partial charge on any atom is -0.451 e. The fourth-order valence-electron chi connectivity index (χ4n) is 1.92. The lowest BCUT2D eigenvalue weighted by molar-refractivity contribution is 0.0439. The number of hydrogen-bond acceptors (Lipinski definition) is 6. The van der Waals surface area contributed by atoms with E-state index in [1.807, 2.05) is 26.0 Å². The number of hydrogen-bond donors (Lipinski definition) is 1. The molecule has 1 heterocycles. The van der Waals surface area contributed by atoms with E-state index < -0.39 is 27.7 Å². The van der Waals surface area contributed by atoms with Crippen LogP contribution in [0.2, 0.25) is 0 Å². The zero-order chi connectivity index (χ0) is 17.9. The van der Waals surface area contributed by atoms with Crippen molar-refractivity contribution in [1.82, 2.24) is 0 Å². The second-order valence-corrected chi connectivity index (χ2v) is 6.93. The minimum atomic E-state index is -4.04. The summed E-state index contributed by atoms with van der Waals surface area (Å²) in [4.78, 5) is 23.8. The number of primary sulfonamides is 1. The quantitative estimate of drug-likeness (QED) is 0.629. The third-order valence-corrected chi connectivity index (χ3v) is 4.08. The van der Waals surface area contributed by atoms with Crippen molar-refractivity contribution in [3.63, 3.8) is 0 Å². The van der Waals surface area contributed by atoms with Crippen molar-refractivity contribution < 1.29 is 27.2 Å². The summed E-state index contributed by atoms with van der Waals surface area (Å²) in [5.74, 6) is -1.32. The highest BCUT2D eigenvalue weighted by molar-refractivity contribution is 7.89. The largest absolute Gasteiger partial charge is 0.451 e. The molecule has 0 saturated heterocycles. The molecule has 128 valence electrons. The Morgan fingerprint density at radius 2 is 1.75 bits per heavy atom. The van der Waals surface area contributed by atoms with Gasteiger partial charge in [-0.15, -0.1) is 0 Å². The summed E-state index contributed by atoms with van der Waals surface area (Å²) in [6, 6.07) is 9.16. The predicted octanol–water partition coefficient (Wildman–Crippen LogP) is 2.09. The molecule has 0 fully saturated rings. The van der Waals surface area contributed by atoms with E-state index in [-0.39, 0.29) is 11.5 Å². The highest BCUT2D eigenvalue weighted by Crippen LogP contribution is 2.16. The average Bonchev–Trinajstić information content (AvgIpc) is 3.02. The molecule has 0 spiro atoms. The first-order valence-electron chi connectivity index (χ1n) is 7.11. The molecule has 0 bridgehead atoms. The van der Waals surface area contributed by atoms with E-state index in [9.17, 15) is 18.0 Å². The van der Waals surface area contributed by atoms with Gasteiger partial charge in [0, 0.05) is 5.56 Å². The highest BCUT2D eigenvalue weighted by Gasteiger charge is 2.19. The van der Waals surface area contributed by atoms with Gasteiger partial charge in [0.1, 0.15) is 0 Å². The van der Waals surface area contributed by atoms with E-state index in [1.54, 1.807) is 12.1 Å². The number of Topliss-reactive ketones (excluding diaryl/α,β-unsaturated/α-hetero) is 1. The van der Waals surface area contributed by atoms with Crippen molar-refractivity contribution in [2.24, 2.45) is 5.14 Å². The number of rotatable bonds is 6. The first-order chi connectivity index (χ1) is 11.2. The molecular weight excluding hydrogens is 334 g/mol. The van der Waals surface area contributed by atoms with Gasteiger partial charge in [0.25, 0.3) is 10.0 Å². The van der Waals surface area contributed by atoms with Gasteiger partial charge in [-0.3, -0.25) is 4.79 Å². The predicted molar refractivity (Wildman–Crippen MR) is 85.2 cm³/mol. The van der Waals surface area contributed by atoms with Crippen LogP contribution < -0.4 is 5.14 Å². The van der Waals surface area contributed by atoms with Gasteiger partial charge < -0.3 is 9.15 Å². The second kappa shape index (κ2) is 6.98. The summed E-state index contributed by atoms with van der Waals surface area (Å²) in [5, 5.41) is 4.32. The van der Waals surface area contributed by atoms with Crippen molar-refractivity contribution >= 4 is 21.8 Å². The van der Waals surface area contributed by atoms with Crippen molar-refractivity contribution in [1.29, 1.82) is 0 Å². The van der Waals surface area contributed by atoms with Crippen LogP contribution in [0.3, 0.4) is 0 Å². The smallest absolute Gasteiger partial charge is 0.374 e. The fraction of sp³-hybridized carbons (Fsp3) is 0.250. The summed E-state index contributed by atoms with van der Waals surface area (Å²) in [5.41, 5.74) is 1.51. The van der Waals surface area contributed by atoms with Gasteiger partial charge in [0.2, 0.25) is 10.9 Å². The average molecular weight is 351 g/mol. The van der Waals surface area contributed by atoms with Gasteiger partial charge in [-0.1, -0.05) is 38.1 Å². The van der Waals surface area contributed by atoms with Crippen LogP contribution in [-0.2, 0) is 14.8 Å². The van der Waals surface area contributed by atoms with Crippen LogP contribution in [0.25, 0.3) is 0 Å². The van der Waals surface area contributed by atoms with Crippen molar-refractivity contribution in [3.8, 4) is 0 Å². The van der Waals surface area contributed by atoms with Crippen LogP contribution >= 0.6 is 0 Å². The molecule has 2 aromatic rings. The first-order valence-corrected chi connectivity index (χ1v) is 8.66. The van der Waals surface area contributed by atoms with Crippen LogP contribution in [0.4, 0.5) is 0 Å². The lowest BCUT2D eigenvalue weighted by Gasteiger charge is -2.06. The van der Waals surface area contributed by atoms with E-state index >= 15 is 0 Å². The molecule has 7 nitrogen and oxygen atoms in total. The Kier molecular flexibility index (Phi) is 5.20. The third kappa shape index (κ3) is 4.30. The van der Waals surface area contributed by atoms with Crippen molar-refractivity contribution in [2.45, 2.75) is 24.9 Å². The van der Waals surface area contributed by atoms with Gasteiger partial charge in [-0.2, -0.15) is 0 Å². The molecule has 2 rings (SSSR count). The Hall–Kier alpha value is -2.45. The molecule has 0 aliphatic heterocycles. The van der Waals surface area contributed by atoms with E-state index in [2.05, 4.69) is 0 Å². The van der Waals surface area contributed by atoms with Crippen LogP contribution in [0.5, 0.6) is 0 Å². The molecule has 0 aliphatic rings. The molecule has 0 atom stereocenters. The number of ketones is 1. The minimum absolute atomic E-state index is 0.345. The molecule has 0 aliphatic carbocycles. The topological polar surface area (TPSA) is 117 Å². The van der Waals surface area contributed by atoms with Crippen LogP contribution in [0, 0.1) is 0 Å². The van der Waals surface area contributed by atoms with Crippen LogP contribution in [0.1, 0.15) is 46.2 Å². The maximum Gasteiger partial charge on any atom is 0.374 e. The van der Waals surface area contributed by atoms with E-state index in [1.165, 1.54) is 0 Å². The third-order valence-electron chi connectivity index (χ3n) is 3.30. The number of furan rings is 1. The number of carbonyl (C=O) groups excluding carboxylic acids is 2. The van der Waals surface area contributed by atoms with Crippen molar-refractivity contribution in [2.75, 3.05) is 6.61 Å². The molecule has 8 heteroatoms. The number of ether oxygens (including phenoxy) is 1. The number of esters is 1. The maximum absolute atomic E-state index is 12.0. The highest BCUT2D eigenvalue weighted by atomic mass is 32.2. The first kappa shape index (κ1) is 17.9. The van der Waals surface area contributed by atoms with Gasteiger partial charge in [-0.05, 0) is 23.6 Å². The number of nitrogens with two attached hydrogens (primary N) is 1. The lowest BCUT2D eigenvalue weighted by atomic mass is 10.0. The molecule has 0 saturated carbocycles. The standard InChI is InChI=1S/C16H17NO6S/c1-10(2)11-3-5-12(6-4-11)13(18)9-22-16(19)14-7-8-15(23-14)24(17,20)21/h3-8,10H,9H2,1-2H3,(H2,17,20,21). The molecular formula is C16H17NO6S. The fourth-order valence-corrected chi connectivity index (χ4v) is 2.39. The van der Waals surface area contributed by atoms with Crippen LogP contribution in [0.15, 0.2) is 45.9 Å². The van der Waals surface area contributed by atoms with Gasteiger partial charge in [0.05, 0.1) is 0 Å². The Balaban J connectivity index is 1.98. The Bertz CT molecular complexity index is 849. The summed E-state index contributed by atoms with van der Waals surface area (Å²) in [6.07, 6.45) is 0. The Labute approximate surface area is 139 Å². The molecule has 0 radical (unpaired) electrons. The van der Waals surface area contributed by atoms with E-state index in [0.29, 0.717) is 11.5 Å². The van der Waals surface area contributed by atoms with Gasteiger partial charge >= 0.3 is 5.97 Å². The summed E-state index contributed by atoms with van der Waals surface area (Å²) < 4.78 is 31.8. The molecule has 24 heavy (non-hydrogen) atoms. The molecule has 2 N–H and O–H groups in total. The van der Waals surface area contributed by atoms with E-state index in [4.69, 9.17) is 14.3 Å². The Morgan fingerprint density at radius 3 is 2.25 bits per heavy atom. The lowest BCUT2D eigenvalue weighted by Crippen LogP contribution is -2.14. The number of sulfonamides is 1. The Morgan fingerprint density at radius 1 is 1.12 bits per heavy atom. The van der Waals surface area contributed by atoms with Gasteiger partial charge in [0.15, 0.2) is 12.4 Å².